The van der Waals surface area contributed by atoms with Crippen LogP contribution in [0.15, 0.2) is 23.1 Å². The predicted molar refractivity (Wildman–Crippen MR) is 62.3 cm³/mol. The molecule has 18 heavy (non-hydrogen) atoms. The number of benzene rings is 1. The number of aliphatic carboxylic acids is 1. The minimum atomic E-state index is -1.21. The first-order chi connectivity index (χ1) is 8.40. The maximum absolute atomic E-state index is 13.3. The van der Waals surface area contributed by atoms with E-state index in [1.54, 1.807) is 0 Å². The van der Waals surface area contributed by atoms with E-state index >= 15 is 0 Å². The largest absolute Gasteiger partial charge is 0.480 e. The Hall–Kier alpha value is -1.63. The lowest BCUT2D eigenvalue weighted by Crippen LogP contribution is -2.41. The molecule has 0 aliphatic carbocycles. The predicted octanol–water partition coefficient (Wildman–Crippen LogP) is 1.65. The van der Waals surface area contributed by atoms with Crippen LogP contribution in [0, 0.1) is 11.6 Å². The van der Waals surface area contributed by atoms with Crippen molar-refractivity contribution in [3.05, 3.63) is 29.8 Å². The van der Waals surface area contributed by atoms with Crippen molar-refractivity contribution >= 4 is 23.6 Å². The number of rotatable bonds is 5. The molecule has 0 aromatic heterocycles. The highest BCUT2D eigenvalue weighted by atomic mass is 32.2. The Morgan fingerprint density at radius 3 is 2.61 bits per heavy atom. The lowest BCUT2D eigenvalue weighted by atomic mass is 10.3. The summed E-state index contributed by atoms with van der Waals surface area (Å²) in [6.07, 6.45) is 0. The smallest absolute Gasteiger partial charge is 0.327 e. The van der Waals surface area contributed by atoms with E-state index in [1.165, 1.54) is 13.0 Å². The van der Waals surface area contributed by atoms with Crippen molar-refractivity contribution in [2.24, 2.45) is 0 Å². The zero-order valence-electron chi connectivity index (χ0n) is 9.44. The van der Waals surface area contributed by atoms with Crippen molar-refractivity contribution in [1.29, 1.82) is 0 Å². The Bertz CT molecular complexity index is 468. The monoisotopic (exact) mass is 275 g/mol. The first-order valence-electron chi connectivity index (χ1n) is 4.98. The number of thioether (sulfide) groups is 1. The highest BCUT2D eigenvalue weighted by molar-refractivity contribution is 7.99. The zero-order valence-corrected chi connectivity index (χ0v) is 10.3. The van der Waals surface area contributed by atoms with Crippen LogP contribution in [-0.2, 0) is 9.59 Å². The molecule has 0 aliphatic heterocycles. The molecule has 0 heterocycles. The Kier molecular flexibility index (Phi) is 5.08. The number of hydrogen-bond donors (Lipinski definition) is 2. The minimum absolute atomic E-state index is 0.0442. The summed E-state index contributed by atoms with van der Waals surface area (Å²) in [6.45, 7) is 1.19. The van der Waals surface area contributed by atoms with E-state index in [9.17, 15) is 18.4 Å². The summed E-state index contributed by atoms with van der Waals surface area (Å²) in [6, 6.07) is 1.91. The highest BCUT2D eigenvalue weighted by Gasteiger charge is 2.19. The third-order valence-corrected chi connectivity index (χ3v) is 3.12. The molecule has 1 amide bonds. The van der Waals surface area contributed by atoms with Crippen molar-refractivity contribution in [2.45, 2.75) is 17.9 Å². The minimum Gasteiger partial charge on any atom is -0.480 e. The van der Waals surface area contributed by atoms with Crippen molar-refractivity contribution in [3.63, 3.8) is 0 Å². The van der Waals surface area contributed by atoms with Crippen LogP contribution in [0.2, 0.25) is 0 Å². The van der Waals surface area contributed by atoms with Gasteiger partial charge in [-0.1, -0.05) is 0 Å². The molecule has 0 aliphatic rings. The molecule has 1 aromatic rings. The molecule has 98 valence electrons. The van der Waals surface area contributed by atoms with E-state index in [-0.39, 0.29) is 10.6 Å². The summed E-state index contributed by atoms with van der Waals surface area (Å²) in [5.74, 6) is -3.19. The van der Waals surface area contributed by atoms with Crippen LogP contribution >= 0.6 is 11.8 Å². The molecule has 1 unspecified atom stereocenters. The number of amides is 1. The Morgan fingerprint density at radius 2 is 2.11 bits per heavy atom. The van der Waals surface area contributed by atoms with Crippen molar-refractivity contribution in [3.8, 4) is 0 Å². The Labute approximate surface area is 106 Å². The molecule has 4 nitrogen and oxygen atoms in total. The molecular weight excluding hydrogens is 264 g/mol. The van der Waals surface area contributed by atoms with Crippen LogP contribution in [0.25, 0.3) is 0 Å². The van der Waals surface area contributed by atoms with Gasteiger partial charge in [0.05, 0.1) is 0 Å². The van der Waals surface area contributed by atoms with E-state index in [4.69, 9.17) is 5.11 Å². The van der Waals surface area contributed by atoms with Gasteiger partial charge >= 0.3 is 5.97 Å². The van der Waals surface area contributed by atoms with Gasteiger partial charge < -0.3 is 10.4 Å². The van der Waals surface area contributed by atoms with Crippen molar-refractivity contribution in [2.75, 3.05) is 5.75 Å². The molecule has 0 radical (unpaired) electrons. The average Bonchev–Trinajstić information content (AvgIpc) is 2.25. The normalized spacial score (nSPS) is 11.9. The fraction of sp³-hybridized carbons (Fsp3) is 0.273. The second-order valence-corrected chi connectivity index (χ2v) is 4.54. The van der Waals surface area contributed by atoms with Crippen LogP contribution in [0.4, 0.5) is 8.78 Å². The molecule has 1 aromatic carbocycles. The Balaban J connectivity index is 2.66. The third kappa shape index (κ3) is 4.33. The molecule has 0 spiro atoms. The van der Waals surface area contributed by atoms with E-state index in [0.29, 0.717) is 0 Å². The summed E-state index contributed by atoms with van der Waals surface area (Å²) >= 11 is 0.897. The fourth-order valence-electron chi connectivity index (χ4n) is 1.19. The van der Waals surface area contributed by atoms with E-state index < -0.39 is 29.6 Å². The summed E-state index contributed by atoms with van der Waals surface area (Å²) in [5.41, 5.74) is 0. The lowest BCUT2D eigenvalue weighted by molar-refractivity contribution is -0.140. The molecule has 1 atom stereocenters. The summed E-state index contributed by atoms with van der Waals surface area (Å²) < 4.78 is 25.9. The summed E-state index contributed by atoms with van der Waals surface area (Å²) in [4.78, 5) is 21.7. The first kappa shape index (κ1) is 14.4. The molecular formula is C11H11F2NO3S. The van der Waals surface area contributed by atoms with Crippen LogP contribution in [0.1, 0.15) is 6.92 Å². The number of nitrogens with one attached hydrogen (secondary N) is 1. The van der Waals surface area contributed by atoms with Gasteiger partial charge in [-0.3, -0.25) is 4.79 Å². The molecule has 1 rings (SSSR count). The number of carbonyl (C=O) groups is 2. The number of halogens is 2. The van der Waals surface area contributed by atoms with Crippen LogP contribution < -0.4 is 5.32 Å². The fourth-order valence-corrected chi connectivity index (χ4v) is 2.12. The quantitative estimate of drug-likeness (QED) is 0.802. The number of carbonyl (C=O) groups excluding carboxylic acids is 1. The van der Waals surface area contributed by atoms with Gasteiger partial charge in [0.15, 0.2) is 0 Å². The van der Waals surface area contributed by atoms with Gasteiger partial charge in [0, 0.05) is 23.6 Å². The highest BCUT2D eigenvalue weighted by Crippen LogP contribution is 2.23. The van der Waals surface area contributed by atoms with Gasteiger partial charge in [-0.05, 0) is 12.1 Å². The van der Waals surface area contributed by atoms with E-state index in [2.05, 4.69) is 5.32 Å². The lowest BCUT2D eigenvalue weighted by Gasteiger charge is -2.12. The van der Waals surface area contributed by atoms with Gasteiger partial charge in [0.2, 0.25) is 5.91 Å². The molecule has 2 N–H and O–H groups in total. The maximum atomic E-state index is 13.3. The molecule has 7 heteroatoms. The van der Waals surface area contributed by atoms with Gasteiger partial charge in [0.1, 0.15) is 17.7 Å². The summed E-state index contributed by atoms with van der Waals surface area (Å²) in [7, 11) is 0. The second kappa shape index (κ2) is 6.34. The van der Waals surface area contributed by atoms with Crippen molar-refractivity contribution < 1.29 is 23.5 Å². The maximum Gasteiger partial charge on any atom is 0.327 e. The molecule has 0 saturated heterocycles. The average molecular weight is 275 g/mol. The van der Waals surface area contributed by atoms with Crippen LogP contribution in [0.3, 0.4) is 0 Å². The summed E-state index contributed by atoms with van der Waals surface area (Å²) in [5, 5.41) is 11.1. The van der Waals surface area contributed by atoms with Crippen LogP contribution in [0.5, 0.6) is 0 Å². The van der Waals surface area contributed by atoms with Crippen molar-refractivity contribution in [1.82, 2.24) is 5.32 Å². The van der Waals surface area contributed by atoms with E-state index in [1.807, 2.05) is 0 Å². The van der Waals surface area contributed by atoms with Gasteiger partial charge in [-0.25, -0.2) is 13.6 Å². The van der Waals surface area contributed by atoms with Gasteiger partial charge in [0.25, 0.3) is 0 Å². The zero-order chi connectivity index (χ0) is 13.7. The molecule has 0 bridgehead atoms. The second-order valence-electron chi connectivity index (χ2n) is 3.48. The first-order valence-corrected chi connectivity index (χ1v) is 5.96. The number of hydrogen-bond acceptors (Lipinski definition) is 3. The molecule has 0 fully saturated rings. The van der Waals surface area contributed by atoms with E-state index in [0.717, 1.165) is 23.9 Å². The number of carboxylic acids is 1. The number of carboxylic acid groups (broad SMARTS) is 1. The van der Waals surface area contributed by atoms with Crippen LogP contribution in [-0.4, -0.2) is 28.8 Å². The van der Waals surface area contributed by atoms with Gasteiger partial charge in [-0.15, -0.1) is 11.8 Å². The van der Waals surface area contributed by atoms with Gasteiger partial charge in [-0.2, -0.15) is 0 Å². The molecule has 0 saturated carbocycles. The standard InChI is InChI=1S/C11H11F2NO3S/c1-6(15)14-9(11(16)17)5-18-10-3-2-7(12)4-8(10)13/h2-4,9H,5H2,1H3,(H,14,15)(H,16,17). The Morgan fingerprint density at radius 1 is 1.44 bits per heavy atom. The topological polar surface area (TPSA) is 66.4 Å². The third-order valence-electron chi connectivity index (χ3n) is 1.98. The SMILES string of the molecule is CC(=O)NC(CSc1ccc(F)cc1F)C(=O)O.